The molecule has 2 rings (SSSR count). The zero-order valence-corrected chi connectivity index (χ0v) is 11.0. The zero-order valence-electron chi connectivity index (χ0n) is 11.0. The molecule has 1 aliphatic heterocycles. The van der Waals surface area contributed by atoms with Gasteiger partial charge in [0.2, 0.25) is 5.91 Å². The minimum Gasteiger partial charge on any atom is -0.434 e. The molecule has 1 atom stereocenters. The van der Waals surface area contributed by atoms with Crippen molar-refractivity contribution in [3.8, 4) is 5.75 Å². The Hall–Kier alpha value is -1.73. The average molecular weight is 286 g/mol. The third kappa shape index (κ3) is 3.88. The van der Waals surface area contributed by atoms with E-state index < -0.39 is 12.7 Å². The number of ether oxygens (including phenoxy) is 2. The van der Waals surface area contributed by atoms with Crippen LogP contribution < -0.4 is 15.4 Å². The van der Waals surface area contributed by atoms with Crippen molar-refractivity contribution in [1.29, 1.82) is 0 Å². The van der Waals surface area contributed by atoms with Crippen molar-refractivity contribution >= 4 is 11.6 Å². The molecule has 2 N–H and O–H groups in total. The third-order valence-electron chi connectivity index (χ3n) is 2.91. The van der Waals surface area contributed by atoms with E-state index in [0.717, 1.165) is 0 Å². The second-order valence-electron chi connectivity index (χ2n) is 4.43. The molecular formula is C13H16F2N2O3. The lowest BCUT2D eigenvalue weighted by Gasteiger charge is -2.23. The molecule has 1 saturated heterocycles. The summed E-state index contributed by atoms with van der Waals surface area (Å²) >= 11 is 0. The zero-order chi connectivity index (χ0) is 14.5. The molecule has 0 saturated carbocycles. The van der Waals surface area contributed by atoms with Crippen LogP contribution in [-0.4, -0.2) is 38.3 Å². The molecule has 7 heteroatoms. The Morgan fingerprint density at radius 2 is 2.35 bits per heavy atom. The maximum atomic E-state index is 12.2. The number of morpholine rings is 1. The molecule has 5 nitrogen and oxygen atoms in total. The van der Waals surface area contributed by atoms with Crippen molar-refractivity contribution in [2.45, 2.75) is 19.6 Å². The van der Waals surface area contributed by atoms with Gasteiger partial charge in [-0.05, 0) is 18.6 Å². The minimum absolute atomic E-state index is 0.0469. The smallest absolute Gasteiger partial charge is 0.387 e. The first-order valence-electron chi connectivity index (χ1n) is 6.23. The molecule has 0 aliphatic carbocycles. The molecule has 0 radical (unpaired) electrons. The highest BCUT2D eigenvalue weighted by atomic mass is 19.3. The number of aryl methyl sites for hydroxylation is 1. The molecule has 0 bridgehead atoms. The molecule has 0 spiro atoms. The van der Waals surface area contributed by atoms with Gasteiger partial charge in [0, 0.05) is 18.3 Å². The van der Waals surface area contributed by atoms with Crippen LogP contribution in [0, 0.1) is 6.92 Å². The summed E-state index contributed by atoms with van der Waals surface area (Å²) in [5, 5.41) is 5.66. The summed E-state index contributed by atoms with van der Waals surface area (Å²) in [5.41, 5.74) is 0.978. The summed E-state index contributed by atoms with van der Waals surface area (Å²) in [5.74, 6) is -0.220. The highest BCUT2D eigenvalue weighted by Crippen LogP contribution is 2.24. The number of halogens is 2. The molecule has 0 aromatic heterocycles. The van der Waals surface area contributed by atoms with E-state index in [9.17, 15) is 13.6 Å². The molecule has 1 aromatic carbocycles. The first kappa shape index (κ1) is 14.7. The fraction of sp³-hybridized carbons (Fsp3) is 0.462. The topological polar surface area (TPSA) is 59.6 Å². The van der Waals surface area contributed by atoms with Gasteiger partial charge in [0.15, 0.2) is 0 Å². The monoisotopic (exact) mass is 286 g/mol. The van der Waals surface area contributed by atoms with Crippen LogP contribution >= 0.6 is 0 Å². The third-order valence-corrected chi connectivity index (χ3v) is 2.91. The maximum absolute atomic E-state index is 12.2. The fourth-order valence-corrected chi connectivity index (χ4v) is 1.86. The summed E-state index contributed by atoms with van der Waals surface area (Å²) in [6.07, 6.45) is 0. The van der Waals surface area contributed by atoms with Crippen LogP contribution in [0.1, 0.15) is 5.56 Å². The molecule has 110 valence electrons. The van der Waals surface area contributed by atoms with E-state index in [2.05, 4.69) is 15.4 Å². The predicted molar refractivity (Wildman–Crippen MR) is 69.1 cm³/mol. The van der Waals surface area contributed by atoms with Crippen molar-refractivity contribution < 1.29 is 23.0 Å². The van der Waals surface area contributed by atoms with Crippen molar-refractivity contribution in [3.63, 3.8) is 0 Å². The molecule has 1 fully saturated rings. The van der Waals surface area contributed by atoms with Gasteiger partial charge in [-0.3, -0.25) is 4.79 Å². The summed E-state index contributed by atoms with van der Waals surface area (Å²) in [6, 6.07) is 4.18. The molecule has 1 unspecified atom stereocenters. The van der Waals surface area contributed by atoms with Crippen molar-refractivity contribution in [1.82, 2.24) is 5.32 Å². The van der Waals surface area contributed by atoms with Crippen molar-refractivity contribution in [2.75, 3.05) is 25.1 Å². The van der Waals surface area contributed by atoms with Gasteiger partial charge in [0.05, 0.1) is 13.2 Å². The van der Waals surface area contributed by atoms with Gasteiger partial charge in [-0.15, -0.1) is 0 Å². The number of rotatable bonds is 4. The van der Waals surface area contributed by atoms with Crippen molar-refractivity contribution in [2.24, 2.45) is 0 Å². The summed E-state index contributed by atoms with van der Waals surface area (Å²) < 4.78 is 34.1. The van der Waals surface area contributed by atoms with E-state index in [0.29, 0.717) is 24.4 Å². The van der Waals surface area contributed by atoms with Gasteiger partial charge in [-0.2, -0.15) is 8.78 Å². The number of carbonyl (C=O) groups is 1. The Bertz CT molecular complexity index is 477. The number of nitrogens with one attached hydrogen (secondary N) is 2. The lowest BCUT2D eigenvalue weighted by molar-refractivity contribution is -0.120. The van der Waals surface area contributed by atoms with Crippen LogP contribution in [0.3, 0.4) is 0 Å². The number of hydrogen-bond donors (Lipinski definition) is 2. The molecule has 20 heavy (non-hydrogen) atoms. The Balaban J connectivity index is 2.03. The Kier molecular flexibility index (Phi) is 4.86. The second kappa shape index (κ2) is 6.62. The predicted octanol–water partition coefficient (Wildman–Crippen LogP) is 1.52. The normalized spacial score (nSPS) is 18.9. The maximum Gasteiger partial charge on any atom is 0.387 e. The standard InChI is InChI=1S/C13H16F2N2O3/c1-8-2-3-9(6-11(8)20-13(14)15)17-12(18)10-7-19-5-4-16-10/h2-3,6,10,13,16H,4-5,7H2,1H3,(H,17,18). The minimum atomic E-state index is -2.90. The van der Waals surface area contributed by atoms with Crippen molar-refractivity contribution in [3.05, 3.63) is 23.8 Å². The van der Waals surface area contributed by atoms with Crippen LogP contribution in [0.15, 0.2) is 18.2 Å². The van der Waals surface area contributed by atoms with Gasteiger partial charge in [-0.25, -0.2) is 0 Å². The van der Waals surface area contributed by atoms with E-state index in [-0.39, 0.29) is 18.3 Å². The molecule has 1 aromatic rings. The first-order valence-corrected chi connectivity index (χ1v) is 6.23. The van der Waals surface area contributed by atoms with E-state index in [4.69, 9.17) is 4.74 Å². The van der Waals surface area contributed by atoms with E-state index >= 15 is 0 Å². The summed E-state index contributed by atoms with van der Waals surface area (Å²) in [4.78, 5) is 11.9. The quantitative estimate of drug-likeness (QED) is 0.881. The molecular weight excluding hydrogens is 270 g/mol. The number of hydrogen-bond acceptors (Lipinski definition) is 4. The number of anilines is 1. The Morgan fingerprint density at radius 3 is 3.00 bits per heavy atom. The number of alkyl halides is 2. The second-order valence-corrected chi connectivity index (χ2v) is 4.43. The van der Waals surface area contributed by atoms with E-state index in [1.807, 2.05) is 0 Å². The number of benzene rings is 1. The highest BCUT2D eigenvalue weighted by Gasteiger charge is 2.21. The van der Waals surface area contributed by atoms with Gasteiger partial charge in [0.1, 0.15) is 11.8 Å². The Morgan fingerprint density at radius 1 is 1.55 bits per heavy atom. The first-order chi connectivity index (χ1) is 9.56. The SMILES string of the molecule is Cc1ccc(NC(=O)C2COCCN2)cc1OC(F)F. The molecule has 1 heterocycles. The summed E-state index contributed by atoms with van der Waals surface area (Å²) in [7, 11) is 0. The number of carbonyl (C=O) groups excluding carboxylic acids is 1. The fourth-order valence-electron chi connectivity index (χ4n) is 1.86. The van der Waals surface area contributed by atoms with E-state index in [1.54, 1.807) is 19.1 Å². The lowest BCUT2D eigenvalue weighted by Crippen LogP contribution is -2.48. The van der Waals surface area contributed by atoms with Gasteiger partial charge in [0.25, 0.3) is 0 Å². The van der Waals surface area contributed by atoms with Crippen LogP contribution in [0.2, 0.25) is 0 Å². The summed E-state index contributed by atoms with van der Waals surface area (Å²) in [6.45, 7) is 0.220. The largest absolute Gasteiger partial charge is 0.434 e. The van der Waals surface area contributed by atoms with Crippen LogP contribution in [0.4, 0.5) is 14.5 Å². The van der Waals surface area contributed by atoms with E-state index in [1.165, 1.54) is 6.07 Å². The lowest BCUT2D eigenvalue weighted by atomic mass is 10.2. The van der Waals surface area contributed by atoms with Gasteiger partial charge in [-0.1, -0.05) is 6.07 Å². The van der Waals surface area contributed by atoms with Gasteiger partial charge < -0.3 is 20.1 Å². The van der Waals surface area contributed by atoms with Crippen LogP contribution in [0.5, 0.6) is 5.75 Å². The molecule has 1 aliphatic rings. The number of amides is 1. The highest BCUT2D eigenvalue weighted by molar-refractivity contribution is 5.95. The van der Waals surface area contributed by atoms with Crippen LogP contribution in [0.25, 0.3) is 0 Å². The molecule has 1 amide bonds. The van der Waals surface area contributed by atoms with Crippen LogP contribution in [-0.2, 0) is 9.53 Å². The average Bonchev–Trinajstić information content (AvgIpc) is 2.43. The Labute approximate surface area is 115 Å². The van der Waals surface area contributed by atoms with Gasteiger partial charge >= 0.3 is 6.61 Å².